The van der Waals surface area contributed by atoms with E-state index in [-0.39, 0.29) is 0 Å². The molecule has 0 amide bonds. The second kappa shape index (κ2) is 5.29. The number of benzene rings is 1. The van der Waals surface area contributed by atoms with E-state index in [0.717, 1.165) is 32.0 Å². The van der Waals surface area contributed by atoms with Gasteiger partial charge in [0.05, 0.1) is 11.9 Å². The summed E-state index contributed by atoms with van der Waals surface area (Å²) in [7, 11) is 4.10. The van der Waals surface area contributed by atoms with Gasteiger partial charge in [0, 0.05) is 51.0 Å². The molecule has 1 aromatic carbocycles. The number of rotatable bonds is 2. The third kappa shape index (κ3) is 2.31. The first-order valence-electron chi connectivity index (χ1n) is 7.19. The van der Waals surface area contributed by atoms with Crippen LogP contribution < -0.4 is 15.1 Å². The van der Waals surface area contributed by atoms with E-state index in [9.17, 15) is 0 Å². The highest BCUT2D eigenvalue weighted by atomic mass is 15.2. The average Bonchev–Trinajstić information content (AvgIpc) is 2.46. The number of anilines is 2. The fourth-order valence-electron chi connectivity index (χ4n) is 2.84. The Morgan fingerprint density at radius 2 is 1.90 bits per heavy atom. The van der Waals surface area contributed by atoms with E-state index >= 15 is 0 Å². The third-order valence-corrected chi connectivity index (χ3v) is 3.88. The molecule has 1 aromatic heterocycles. The van der Waals surface area contributed by atoms with E-state index < -0.39 is 0 Å². The number of pyridine rings is 1. The molecule has 0 saturated carbocycles. The minimum absolute atomic E-state index is 1.04. The van der Waals surface area contributed by atoms with E-state index in [1.54, 1.807) is 0 Å². The monoisotopic (exact) mass is 270 g/mol. The maximum Gasteiger partial charge on any atom is 0.136 e. The Labute approximate surface area is 120 Å². The molecular weight excluding hydrogens is 248 g/mol. The summed E-state index contributed by atoms with van der Waals surface area (Å²) in [6, 6.07) is 6.64. The number of fused-ring (bicyclic) bond motifs is 1. The summed E-state index contributed by atoms with van der Waals surface area (Å²) in [5.74, 6) is 1.04. The SMILES string of the molecule is Cc1ccc2c(N(C)C)ncc(N3CCNCC3)c2c1. The Kier molecular flexibility index (Phi) is 3.49. The number of hydrogen-bond donors (Lipinski definition) is 1. The summed E-state index contributed by atoms with van der Waals surface area (Å²) < 4.78 is 0. The molecule has 1 aliphatic heterocycles. The fraction of sp³-hybridized carbons (Fsp3) is 0.438. The van der Waals surface area contributed by atoms with Crippen molar-refractivity contribution in [2.45, 2.75) is 6.92 Å². The lowest BCUT2D eigenvalue weighted by atomic mass is 10.1. The zero-order valence-corrected chi connectivity index (χ0v) is 12.5. The van der Waals surface area contributed by atoms with Gasteiger partial charge in [0.25, 0.3) is 0 Å². The van der Waals surface area contributed by atoms with Gasteiger partial charge in [-0.05, 0) is 13.0 Å². The predicted octanol–water partition coefficient (Wildman–Crippen LogP) is 2.02. The first kappa shape index (κ1) is 13.2. The number of nitrogens with zero attached hydrogens (tertiary/aromatic N) is 3. The highest BCUT2D eigenvalue weighted by Gasteiger charge is 2.16. The van der Waals surface area contributed by atoms with Gasteiger partial charge in [-0.3, -0.25) is 0 Å². The van der Waals surface area contributed by atoms with Crippen LogP contribution in [0.4, 0.5) is 11.5 Å². The molecule has 2 aromatic rings. The van der Waals surface area contributed by atoms with Crippen molar-refractivity contribution in [1.82, 2.24) is 10.3 Å². The minimum Gasteiger partial charge on any atom is -0.367 e. The van der Waals surface area contributed by atoms with E-state index in [4.69, 9.17) is 0 Å². The number of piperazine rings is 1. The van der Waals surface area contributed by atoms with Gasteiger partial charge < -0.3 is 15.1 Å². The molecule has 1 saturated heterocycles. The van der Waals surface area contributed by atoms with Crippen molar-refractivity contribution in [2.24, 2.45) is 0 Å². The van der Waals surface area contributed by atoms with E-state index in [1.165, 1.54) is 22.0 Å². The van der Waals surface area contributed by atoms with Crippen LogP contribution in [0.25, 0.3) is 10.8 Å². The lowest BCUT2D eigenvalue weighted by molar-refractivity contribution is 0.590. The van der Waals surface area contributed by atoms with Crippen LogP contribution in [0, 0.1) is 6.92 Å². The van der Waals surface area contributed by atoms with E-state index in [1.807, 2.05) is 20.3 Å². The number of hydrogen-bond acceptors (Lipinski definition) is 4. The third-order valence-electron chi connectivity index (χ3n) is 3.88. The van der Waals surface area contributed by atoms with Crippen LogP contribution in [0.3, 0.4) is 0 Å². The van der Waals surface area contributed by atoms with Crippen LogP contribution in [0.15, 0.2) is 24.4 Å². The van der Waals surface area contributed by atoms with Crippen LogP contribution in [0.5, 0.6) is 0 Å². The summed E-state index contributed by atoms with van der Waals surface area (Å²) in [4.78, 5) is 9.19. The van der Waals surface area contributed by atoms with Crippen molar-refractivity contribution >= 4 is 22.3 Å². The van der Waals surface area contributed by atoms with Crippen LogP contribution in [-0.4, -0.2) is 45.3 Å². The summed E-state index contributed by atoms with van der Waals surface area (Å²) in [5.41, 5.74) is 2.56. The van der Waals surface area contributed by atoms with Gasteiger partial charge in [0.1, 0.15) is 5.82 Å². The summed E-state index contributed by atoms with van der Waals surface area (Å²) in [6.07, 6.45) is 2.03. The van der Waals surface area contributed by atoms with Gasteiger partial charge in [0.15, 0.2) is 0 Å². The highest BCUT2D eigenvalue weighted by molar-refractivity contribution is 6.00. The molecule has 106 valence electrons. The molecule has 0 spiro atoms. The van der Waals surface area contributed by atoms with Crippen LogP contribution in [0.2, 0.25) is 0 Å². The molecule has 3 rings (SSSR count). The van der Waals surface area contributed by atoms with Gasteiger partial charge >= 0.3 is 0 Å². The molecule has 1 aliphatic rings. The molecule has 4 nitrogen and oxygen atoms in total. The Balaban J connectivity index is 2.17. The van der Waals surface area contributed by atoms with Gasteiger partial charge in [-0.1, -0.05) is 17.7 Å². The lowest BCUT2D eigenvalue weighted by Gasteiger charge is -2.31. The maximum absolute atomic E-state index is 4.68. The smallest absolute Gasteiger partial charge is 0.136 e. The zero-order valence-electron chi connectivity index (χ0n) is 12.5. The van der Waals surface area contributed by atoms with Crippen molar-refractivity contribution in [3.8, 4) is 0 Å². The van der Waals surface area contributed by atoms with E-state index in [0.29, 0.717) is 0 Å². The standard InChI is InChI=1S/C16H22N4/c1-12-4-5-13-14(10-12)15(11-18-16(13)19(2)3)20-8-6-17-7-9-20/h4-5,10-11,17H,6-9H2,1-3H3. The largest absolute Gasteiger partial charge is 0.367 e. The van der Waals surface area contributed by atoms with Gasteiger partial charge in [-0.25, -0.2) is 4.98 Å². The first-order chi connectivity index (χ1) is 9.66. The number of nitrogens with one attached hydrogen (secondary N) is 1. The predicted molar refractivity (Wildman–Crippen MR) is 85.9 cm³/mol. The van der Waals surface area contributed by atoms with Crippen molar-refractivity contribution in [1.29, 1.82) is 0 Å². The summed E-state index contributed by atoms with van der Waals surface area (Å²) in [5, 5.41) is 5.95. The number of aryl methyl sites for hydroxylation is 1. The van der Waals surface area contributed by atoms with Gasteiger partial charge in [-0.2, -0.15) is 0 Å². The molecule has 1 fully saturated rings. The molecule has 4 heteroatoms. The molecule has 0 radical (unpaired) electrons. The van der Waals surface area contributed by atoms with E-state index in [2.05, 4.69) is 45.2 Å². The first-order valence-corrected chi connectivity index (χ1v) is 7.19. The van der Waals surface area contributed by atoms with Crippen LogP contribution in [-0.2, 0) is 0 Å². The Bertz CT molecular complexity index is 615. The van der Waals surface area contributed by atoms with Gasteiger partial charge in [0.2, 0.25) is 0 Å². The zero-order chi connectivity index (χ0) is 14.1. The molecule has 20 heavy (non-hydrogen) atoms. The second-order valence-corrected chi connectivity index (χ2v) is 5.65. The second-order valence-electron chi connectivity index (χ2n) is 5.65. The maximum atomic E-state index is 4.68. The average molecular weight is 270 g/mol. The molecule has 0 bridgehead atoms. The Hall–Kier alpha value is -1.81. The summed E-state index contributed by atoms with van der Waals surface area (Å²) in [6.45, 7) is 6.33. The molecule has 0 atom stereocenters. The quantitative estimate of drug-likeness (QED) is 0.904. The highest BCUT2D eigenvalue weighted by Crippen LogP contribution is 2.32. The summed E-state index contributed by atoms with van der Waals surface area (Å²) >= 11 is 0. The van der Waals surface area contributed by atoms with Crippen LogP contribution >= 0.6 is 0 Å². The van der Waals surface area contributed by atoms with Crippen molar-refractivity contribution in [3.05, 3.63) is 30.0 Å². The molecule has 1 N–H and O–H groups in total. The number of aromatic nitrogens is 1. The Morgan fingerprint density at radius 1 is 1.15 bits per heavy atom. The fourth-order valence-corrected chi connectivity index (χ4v) is 2.84. The lowest BCUT2D eigenvalue weighted by Crippen LogP contribution is -2.43. The van der Waals surface area contributed by atoms with Crippen LogP contribution in [0.1, 0.15) is 5.56 Å². The van der Waals surface area contributed by atoms with Crippen molar-refractivity contribution in [2.75, 3.05) is 50.1 Å². The minimum atomic E-state index is 1.04. The van der Waals surface area contributed by atoms with Gasteiger partial charge in [-0.15, -0.1) is 0 Å². The molecular formula is C16H22N4. The topological polar surface area (TPSA) is 31.4 Å². The molecule has 0 aliphatic carbocycles. The molecule has 2 heterocycles. The van der Waals surface area contributed by atoms with Crippen molar-refractivity contribution in [3.63, 3.8) is 0 Å². The van der Waals surface area contributed by atoms with Crippen molar-refractivity contribution < 1.29 is 0 Å². The Morgan fingerprint density at radius 3 is 2.60 bits per heavy atom. The molecule has 0 unspecified atom stereocenters. The normalized spacial score (nSPS) is 15.7.